The van der Waals surface area contributed by atoms with Crippen LogP contribution < -0.4 is 0 Å². The summed E-state index contributed by atoms with van der Waals surface area (Å²) in [5.41, 5.74) is 0. The van der Waals surface area contributed by atoms with Gasteiger partial charge in [0.2, 0.25) is 0 Å². The van der Waals surface area contributed by atoms with Crippen molar-refractivity contribution < 1.29 is 0 Å². The Balaban J connectivity index is 2.35. The average Bonchev–Trinajstić information content (AvgIpc) is 2.51. The molecule has 1 rings (SSSR count). The second-order valence-corrected chi connectivity index (χ2v) is 4.06. The minimum atomic E-state index is 0.775. The van der Waals surface area contributed by atoms with Crippen LogP contribution in [-0.4, -0.2) is 42.0 Å². The van der Waals surface area contributed by atoms with Crippen LogP contribution in [0.25, 0.3) is 0 Å². The van der Waals surface area contributed by atoms with E-state index in [1.54, 1.807) is 0 Å². The van der Waals surface area contributed by atoms with Crippen LogP contribution in [0.4, 0.5) is 0 Å². The second kappa shape index (κ2) is 5.61. The molecule has 1 atom stereocenters. The molecule has 0 saturated carbocycles. The van der Waals surface area contributed by atoms with E-state index in [0.717, 1.165) is 6.04 Å². The summed E-state index contributed by atoms with van der Waals surface area (Å²) in [6.07, 6.45) is 3.85. The number of hydrogen-bond donors (Lipinski definition) is 0. The molecule has 1 radical (unpaired) electrons. The molecule has 0 aliphatic carbocycles. The lowest BCUT2D eigenvalue weighted by molar-refractivity contribution is 0.200. The van der Waals surface area contributed by atoms with Gasteiger partial charge in [0, 0.05) is 19.6 Å². The fourth-order valence-corrected chi connectivity index (χ4v) is 2.16. The van der Waals surface area contributed by atoms with Gasteiger partial charge in [-0.15, -0.1) is 0 Å². The van der Waals surface area contributed by atoms with Gasteiger partial charge in [0.15, 0.2) is 0 Å². The first kappa shape index (κ1) is 11.0. The maximum absolute atomic E-state index is 4.00. The van der Waals surface area contributed by atoms with Crippen LogP contribution >= 0.6 is 0 Å². The van der Waals surface area contributed by atoms with E-state index in [1.165, 1.54) is 45.4 Å². The summed E-state index contributed by atoms with van der Waals surface area (Å²) >= 11 is 0. The molecule has 0 bridgehead atoms. The lowest BCUT2D eigenvalue weighted by atomic mass is 10.2. The fourth-order valence-electron chi connectivity index (χ4n) is 2.16. The summed E-state index contributed by atoms with van der Waals surface area (Å²) in [4.78, 5) is 4.83. The number of rotatable bonds is 5. The van der Waals surface area contributed by atoms with Gasteiger partial charge in [-0.1, -0.05) is 13.8 Å². The minimum absolute atomic E-state index is 0.775. The summed E-state index contributed by atoms with van der Waals surface area (Å²) in [5, 5.41) is 0. The van der Waals surface area contributed by atoms with Gasteiger partial charge in [-0.25, -0.2) is 0 Å². The van der Waals surface area contributed by atoms with Crippen molar-refractivity contribution in [3.8, 4) is 0 Å². The highest BCUT2D eigenvalue weighted by molar-refractivity contribution is 4.82. The number of nitrogens with zero attached hydrogens (tertiary/aromatic N) is 2. The van der Waals surface area contributed by atoms with Gasteiger partial charge in [0.1, 0.15) is 0 Å². The fraction of sp³-hybridized carbons (Fsp3) is 0.909. The van der Waals surface area contributed by atoms with E-state index in [9.17, 15) is 0 Å². The first-order chi connectivity index (χ1) is 6.27. The van der Waals surface area contributed by atoms with Crippen molar-refractivity contribution in [2.24, 2.45) is 0 Å². The molecular weight excluding hydrogens is 160 g/mol. The topological polar surface area (TPSA) is 6.48 Å². The monoisotopic (exact) mass is 183 g/mol. The van der Waals surface area contributed by atoms with Gasteiger partial charge < -0.3 is 4.90 Å². The maximum atomic E-state index is 4.00. The molecule has 1 aliphatic heterocycles. The summed E-state index contributed by atoms with van der Waals surface area (Å²) in [5.74, 6) is 0. The van der Waals surface area contributed by atoms with Crippen molar-refractivity contribution >= 4 is 0 Å². The summed E-state index contributed by atoms with van der Waals surface area (Å²) < 4.78 is 0. The molecule has 1 fully saturated rings. The van der Waals surface area contributed by atoms with E-state index in [1.807, 2.05) is 0 Å². The molecule has 2 nitrogen and oxygen atoms in total. The maximum Gasteiger partial charge on any atom is 0.0235 e. The Bertz CT molecular complexity index is 130. The molecule has 1 unspecified atom stereocenters. The summed E-state index contributed by atoms with van der Waals surface area (Å²) in [7, 11) is 4.00. The van der Waals surface area contributed by atoms with Crippen LogP contribution in [0, 0.1) is 7.05 Å². The van der Waals surface area contributed by atoms with E-state index in [0.29, 0.717) is 0 Å². The van der Waals surface area contributed by atoms with Crippen molar-refractivity contribution in [3.05, 3.63) is 7.05 Å². The van der Waals surface area contributed by atoms with Gasteiger partial charge in [0.05, 0.1) is 0 Å². The molecule has 1 heterocycles. The van der Waals surface area contributed by atoms with Crippen molar-refractivity contribution in [3.63, 3.8) is 0 Å². The molecule has 1 aliphatic rings. The highest BCUT2D eigenvalue weighted by atomic mass is 15.2. The van der Waals surface area contributed by atoms with Crippen molar-refractivity contribution in [2.45, 2.75) is 39.2 Å². The van der Waals surface area contributed by atoms with E-state index >= 15 is 0 Å². The van der Waals surface area contributed by atoms with E-state index in [-0.39, 0.29) is 0 Å². The van der Waals surface area contributed by atoms with Crippen LogP contribution in [0.1, 0.15) is 33.1 Å². The van der Waals surface area contributed by atoms with Crippen molar-refractivity contribution in [2.75, 3.05) is 26.2 Å². The number of likely N-dealkylation sites (tertiary alicyclic amines) is 1. The standard InChI is InChI=1S/C11H23N2/c1-4-7-13(8-5-2)11-6-9-12(3)10-11/h11H,3-10H2,1-2H3. The lowest BCUT2D eigenvalue weighted by Crippen LogP contribution is -2.37. The third-order valence-corrected chi connectivity index (χ3v) is 2.79. The zero-order valence-corrected chi connectivity index (χ0v) is 9.13. The quantitative estimate of drug-likeness (QED) is 0.643. The third kappa shape index (κ3) is 3.28. The molecule has 77 valence electrons. The number of hydrogen-bond acceptors (Lipinski definition) is 2. The zero-order chi connectivity index (χ0) is 9.68. The van der Waals surface area contributed by atoms with Crippen molar-refractivity contribution in [1.82, 2.24) is 9.80 Å². The Hall–Kier alpha value is -0.0800. The van der Waals surface area contributed by atoms with Crippen LogP contribution in [0.5, 0.6) is 0 Å². The van der Waals surface area contributed by atoms with Gasteiger partial charge in [-0.2, -0.15) is 0 Å². The van der Waals surface area contributed by atoms with Gasteiger partial charge in [-0.05, 0) is 38.9 Å². The smallest absolute Gasteiger partial charge is 0.0235 e. The molecule has 0 N–H and O–H groups in total. The van der Waals surface area contributed by atoms with Crippen LogP contribution in [0.15, 0.2) is 0 Å². The second-order valence-electron chi connectivity index (χ2n) is 4.06. The Morgan fingerprint density at radius 2 is 1.92 bits per heavy atom. The summed E-state index contributed by atoms with van der Waals surface area (Å²) in [6, 6.07) is 0.775. The molecule has 0 aromatic rings. The molecule has 0 spiro atoms. The van der Waals surface area contributed by atoms with E-state index in [4.69, 9.17) is 0 Å². The SMILES string of the molecule is [CH2]N1CCC(N(CCC)CCC)C1. The first-order valence-corrected chi connectivity index (χ1v) is 5.57. The van der Waals surface area contributed by atoms with Gasteiger partial charge in [-0.3, -0.25) is 4.90 Å². The van der Waals surface area contributed by atoms with Crippen LogP contribution in [0.2, 0.25) is 0 Å². The molecule has 0 aromatic carbocycles. The minimum Gasteiger partial charge on any atom is -0.300 e. The zero-order valence-electron chi connectivity index (χ0n) is 9.13. The third-order valence-electron chi connectivity index (χ3n) is 2.79. The highest BCUT2D eigenvalue weighted by Crippen LogP contribution is 2.15. The van der Waals surface area contributed by atoms with Gasteiger partial charge in [0.25, 0.3) is 0 Å². The Kier molecular flexibility index (Phi) is 4.74. The molecular formula is C11H23N2. The predicted octanol–water partition coefficient (Wildman–Crippen LogP) is 1.97. The Morgan fingerprint density at radius 1 is 1.31 bits per heavy atom. The van der Waals surface area contributed by atoms with Crippen molar-refractivity contribution in [1.29, 1.82) is 0 Å². The molecule has 13 heavy (non-hydrogen) atoms. The predicted molar refractivity (Wildman–Crippen MR) is 57.5 cm³/mol. The van der Waals surface area contributed by atoms with E-state index < -0.39 is 0 Å². The van der Waals surface area contributed by atoms with Crippen LogP contribution in [0.3, 0.4) is 0 Å². The van der Waals surface area contributed by atoms with E-state index in [2.05, 4.69) is 30.7 Å². The highest BCUT2D eigenvalue weighted by Gasteiger charge is 2.24. The molecule has 0 amide bonds. The normalized spacial score (nSPS) is 24.5. The lowest BCUT2D eigenvalue weighted by Gasteiger charge is -2.27. The largest absolute Gasteiger partial charge is 0.300 e. The molecule has 1 saturated heterocycles. The Morgan fingerprint density at radius 3 is 2.31 bits per heavy atom. The molecule has 0 aromatic heterocycles. The average molecular weight is 183 g/mol. The Labute approximate surface area is 82.9 Å². The van der Waals surface area contributed by atoms with Crippen LogP contribution in [-0.2, 0) is 0 Å². The van der Waals surface area contributed by atoms with Gasteiger partial charge >= 0.3 is 0 Å². The molecule has 2 heteroatoms. The first-order valence-electron chi connectivity index (χ1n) is 5.57. The summed E-state index contributed by atoms with van der Waals surface area (Å²) in [6.45, 7) is 9.38.